The fraction of sp³-hybridized carbons (Fsp3) is 0.130. The molecule has 0 heterocycles. The van der Waals surface area contributed by atoms with Crippen LogP contribution < -0.4 is 9.20 Å². The Morgan fingerprint density at radius 2 is 1.52 bits per heavy atom. The summed E-state index contributed by atoms with van der Waals surface area (Å²) in [6.45, 7) is 4.27. The third-order valence-corrected chi connectivity index (χ3v) is 5.37. The number of benzene rings is 3. The Kier molecular flexibility index (Phi) is 5.61. The molecule has 3 rings (SSSR count). The molecular weight excluding hydrogens is 371 g/mol. The first kappa shape index (κ1) is 17.4. The maximum atomic E-state index is 5.20. The summed E-state index contributed by atoms with van der Waals surface area (Å²) in [5, 5.41) is 0. The van der Waals surface area contributed by atoms with Crippen LogP contribution in [0.4, 0.5) is 0 Å². The van der Waals surface area contributed by atoms with Crippen molar-refractivity contribution < 1.29 is 4.74 Å². The zero-order valence-corrected chi connectivity index (χ0v) is 16.4. The van der Waals surface area contributed by atoms with E-state index < -0.39 is 0 Å². The first-order valence-electron chi connectivity index (χ1n) is 8.15. The van der Waals surface area contributed by atoms with Gasteiger partial charge in [0.15, 0.2) is 0 Å². The van der Waals surface area contributed by atoms with E-state index >= 15 is 0 Å². The predicted octanol–water partition coefficient (Wildman–Crippen LogP) is 4.32. The first-order valence-corrected chi connectivity index (χ1v) is 9.86. The van der Waals surface area contributed by atoms with Crippen LogP contribution in [0.25, 0.3) is 11.1 Å². The van der Waals surface area contributed by atoms with Crippen LogP contribution in [0.3, 0.4) is 0 Å². The van der Waals surface area contributed by atoms with Crippen molar-refractivity contribution >= 4 is 19.4 Å². The number of aryl methyl sites for hydroxylation is 2. The number of hydrogen-bond acceptors (Lipinski definition) is 1. The molecular formula is C23H20OSe. The van der Waals surface area contributed by atoms with Crippen LogP contribution in [0.1, 0.15) is 16.7 Å². The summed E-state index contributed by atoms with van der Waals surface area (Å²) in [6.07, 6.45) is 0. The van der Waals surface area contributed by atoms with Gasteiger partial charge >= 0.3 is 156 Å². The van der Waals surface area contributed by atoms with E-state index in [0.717, 1.165) is 11.3 Å². The third-order valence-electron chi connectivity index (χ3n) is 3.87. The van der Waals surface area contributed by atoms with Crippen molar-refractivity contribution in [3.05, 3.63) is 83.4 Å². The molecule has 124 valence electrons. The maximum absolute atomic E-state index is 5.20. The monoisotopic (exact) mass is 392 g/mol. The summed E-state index contributed by atoms with van der Waals surface area (Å²) >= 11 is 0.127. The van der Waals surface area contributed by atoms with Gasteiger partial charge in [-0.3, -0.25) is 0 Å². The van der Waals surface area contributed by atoms with Crippen molar-refractivity contribution in [3.63, 3.8) is 0 Å². The van der Waals surface area contributed by atoms with Crippen molar-refractivity contribution in [3.8, 4) is 27.6 Å². The second-order valence-electron chi connectivity index (χ2n) is 5.93. The molecule has 0 atom stereocenters. The van der Waals surface area contributed by atoms with E-state index in [1.807, 2.05) is 12.1 Å². The van der Waals surface area contributed by atoms with Crippen LogP contribution in [0.2, 0.25) is 0 Å². The van der Waals surface area contributed by atoms with Crippen molar-refractivity contribution in [2.45, 2.75) is 13.8 Å². The number of rotatable bonds is 3. The zero-order valence-electron chi connectivity index (χ0n) is 14.7. The average molecular weight is 391 g/mol. The van der Waals surface area contributed by atoms with Gasteiger partial charge in [0.1, 0.15) is 0 Å². The molecule has 0 spiro atoms. The predicted molar refractivity (Wildman–Crippen MR) is 107 cm³/mol. The van der Waals surface area contributed by atoms with Gasteiger partial charge in [-0.25, -0.2) is 0 Å². The van der Waals surface area contributed by atoms with Crippen molar-refractivity contribution in [1.29, 1.82) is 0 Å². The molecule has 0 unspecified atom stereocenters. The fourth-order valence-electron chi connectivity index (χ4n) is 2.76. The quantitative estimate of drug-likeness (QED) is 0.477. The van der Waals surface area contributed by atoms with E-state index in [4.69, 9.17) is 4.74 Å². The van der Waals surface area contributed by atoms with Gasteiger partial charge in [0.2, 0.25) is 0 Å². The summed E-state index contributed by atoms with van der Waals surface area (Å²) < 4.78 is 6.45. The molecule has 1 nitrogen and oxygen atoms in total. The Bertz CT molecular complexity index is 910. The molecule has 0 saturated carbocycles. The Hall–Kier alpha value is -2.46. The second kappa shape index (κ2) is 8.08. The fourth-order valence-corrected chi connectivity index (χ4v) is 3.91. The van der Waals surface area contributed by atoms with Crippen LogP contribution in [-0.4, -0.2) is 22.1 Å². The summed E-state index contributed by atoms with van der Waals surface area (Å²) in [5.41, 5.74) is 6.08. The molecule has 3 aromatic carbocycles. The average Bonchev–Trinajstić information content (AvgIpc) is 2.62. The summed E-state index contributed by atoms with van der Waals surface area (Å²) in [5.74, 6) is 4.26. The van der Waals surface area contributed by atoms with Gasteiger partial charge in [-0.05, 0) is 0 Å². The Balaban J connectivity index is 1.86. The molecule has 2 heteroatoms. The van der Waals surface area contributed by atoms with Gasteiger partial charge < -0.3 is 0 Å². The van der Waals surface area contributed by atoms with E-state index in [9.17, 15) is 0 Å². The standard InChI is InChI=1S/C23H20OSe/c1-17-14-18(2)16-20(15-17)23-7-5-4-6-19(23)12-13-25-22-10-8-21(24-3)9-11-22/h4-11,14-16H,1-3H3. The number of ether oxygens (including phenoxy) is 1. The summed E-state index contributed by atoms with van der Waals surface area (Å²) in [7, 11) is 1.68. The Morgan fingerprint density at radius 3 is 2.20 bits per heavy atom. The summed E-state index contributed by atoms with van der Waals surface area (Å²) in [6, 6.07) is 23.2. The SMILES string of the molecule is COc1ccc([Se]C#Cc2ccccc2-c2cc(C)cc(C)c2)cc1. The molecule has 0 amide bonds. The molecule has 0 saturated heterocycles. The molecule has 0 bridgehead atoms. The van der Waals surface area contributed by atoms with E-state index in [1.54, 1.807) is 7.11 Å². The molecule has 0 N–H and O–H groups in total. The van der Waals surface area contributed by atoms with Gasteiger partial charge in [-0.1, -0.05) is 0 Å². The zero-order chi connectivity index (χ0) is 17.6. The summed E-state index contributed by atoms with van der Waals surface area (Å²) in [4.78, 5) is 3.37. The van der Waals surface area contributed by atoms with Crippen LogP contribution in [0.15, 0.2) is 66.7 Å². The van der Waals surface area contributed by atoms with E-state index in [2.05, 4.69) is 79.2 Å². The van der Waals surface area contributed by atoms with Gasteiger partial charge in [-0.15, -0.1) is 0 Å². The van der Waals surface area contributed by atoms with Crippen molar-refractivity contribution in [2.24, 2.45) is 0 Å². The molecule has 0 aliphatic heterocycles. The van der Waals surface area contributed by atoms with Crippen molar-refractivity contribution in [1.82, 2.24) is 0 Å². The van der Waals surface area contributed by atoms with Crippen molar-refractivity contribution in [2.75, 3.05) is 7.11 Å². The van der Waals surface area contributed by atoms with E-state index in [0.29, 0.717) is 0 Å². The number of hydrogen-bond donors (Lipinski definition) is 0. The molecule has 0 aliphatic rings. The van der Waals surface area contributed by atoms with Crippen LogP contribution in [0.5, 0.6) is 5.75 Å². The molecule has 0 fully saturated rings. The van der Waals surface area contributed by atoms with Gasteiger partial charge in [-0.2, -0.15) is 0 Å². The van der Waals surface area contributed by atoms with Crippen LogP contribution in [0, 0.1) is 24.6 Å². The number of methoxy groups -OCH3 is 1. The Morgan fingerprint density at radius 1 is 0.840 bits per heavy atom. The first-order chi connectivity index (χ1) is 12.2. The van der Waals surface area contributed by atoms with Gasteiger partial charge in [0.05, 0.1) is 0 Å². The van der Waals surface area contributed by atoms with E-state index in [-0.39, 0.29) is 15.0 Å². The topological polar surface area (TPSA) is 9.23 Å². The van der Waals surface area contributed by atoms with Crippen LogP contribution >= 0.6 is 0 Å². The third kappa shape index (κ3) is 4.54. The minimum atomic E-state index is 0.127. The molecule has 0 aromatic heterocycles. The van der Waals surface area contributed by atoms with E-state index in [1.165, 1.54) is 26.7 Å². The second-order valence-corrected chi connectivity index (χ2v) is 7.77. The van der Waals surface area contributed by atoms with Crippen LogP contribution in [-0.2, 0) is 0 Å². The van der Waals surface area contributed by atoms with Gasteiger partial charge in [0.25, 0.3) is 0 Å². The molecule has 0 aliphatic carbocycles. The minimum absolute atomic E-state index is 0.127. The molecule has 3 aromatic rings. The normalized spacial score (nSPS) is 10.0. The van der Waals surface area contributed by atoms with Gasteiger partial charge in [0, 0.05) is 0 Å². The molecule has 0 radical (unpaired) electrons. The molecule has 25 heavy (non-hydrogen) atoms. The Labute approximate surface area is 156 Å².